The molecule has 158 valence electrons. The summed E-state index contributed by atoms with van der Waals surface area (Å²) < 4.78 is 13.9. The average Bonchev–Trinajstić information content (AvgIpc) is 2.67. The fourth-order valence-electron chi connectivity index (χ4n) is 5.33. The van der Waals surface area contributed by atoms with E-state index < -0.39 is 93.9 Å². The lowest BCUT2D eigenvalue weighted by atomic mass is 9.50. The zero-order chi connectivity index (χ0) is 22.3. The van der Waals surface area contributed by atoms with Gasteiger partial charge in [-0.15, -0.1) is 0 Å². The topological polar surface area (TPSA) is 172 Å². The Labute approximate surface area is 168 Å². The molecule has 3 aliphatic rings. The first-order chi connectivity index (χ1) is 13.9. The molecule has 0 spiro atoms. The third-order valence-corrected chi connectivity index (χ3v) is 6.81. The lowest BCUT2D eigenvalue weighted by molar-refractivity contribution is -0.189. The molecule has 10 heteroatoms. The molecule has 2 saturated carbocycles. The van der Waals surface area contributed by atoms with Crippen molar-refractivity contribution in [1.82, 2.24) is 0 Å². The fraction of sp³-hybridized carbons (Fsp3) is 0.450. The Morgan fingerprint density at radius 2 is 1.83 bits per heavy atom. The molecule has 1 aromatic rings. The molecule has 30 heavy (non-hydrogen) atoms. The standard InChI is InChI=1S/C20H18FNO8/c1-5-6-2-3-8(21)15(25)11(6)16(26)13-10(5)14(24)7-4-9(23)12(19(22)29)17(27)20(7,30)18(13)28/h2-3,5,7,10,12-14,24-25,30H,4H2,1H3,(H2,22,29)/t5-,7+,10+,12?,13?,14+,20+/m0/s1. The maximum atomic E-state index is 13.9. The van der Waals surface area contributed by atoms with Crippen LogP contribution >= 0.6 is 0 Å². The van der Waals surface area contributed by atoms with E-state index in [4.69, 9.17) is 5.73 Å². The predicted molar refractivity (Wildman–Crippen MR) is 94.6 cm³/mol. The number of fused-ring (bicyclic) bond motifs is 3. The summed E-state index contributed by atoms with van der Waals surface area (Å²) in [5.74, 6) is -15.5. The minimum absolute atomic E-state index is 0.195. The Hall–Kier alpha value is -2.98. The maximum Gasteiger partial charge on any atom is 0.235 e. The van der Waals surface area contributed by atoms with Crippen molar-refractivity contribution >= 4 is 29.0 Å². The normalized spacial score (nSPS) is 38.0. The predicted octanol–water partition coefficient (Wildman–Crippen LogP) is -1.00. The van der Waals surface area contributed by atoms with Crippen molar-refractivity contribution in [2.45, 2.75) is 31.0 Å². The van der Waals surface area contributed by atoms with Crippen molar-refractivity contribution in [3.63, 3.8) is 0 Å². The van der Waals surface area contributed by atoms with Gasteiger partial charge < -0.3 is 21.1 Å². The summed E-state index contributed by atoms with van der Waals surface area (Å²) in [7, 11) is 0. The van der Waals surface area contributed by atoms with Gasteiger partial charge >= 0.3 is 0 Å². The van der Waals surface area contributed by atoms with Crippen molar-refractivity contribution in [3.05, 3.63) is 29.1 Å². The number of phenols is 1. The lowest BCUT2D eigenvalue weighted by Crippen LogP contribution is -2.72. The van der Waals surface area contributed by atoms with Crippen molar-refractivity contribution in [1.29, 1.82) is 0 Å². The highest BCUT2D eigenvalue weighted by Crippen LogP contribution is 2.53. The van der Waals surface area contributed by atoms with Gasteiger partial charge in [-0.3, -0.25) is 24.0 Å². The third-order valence-electron chi connectivity index (χ3n) is 6.81. The molecule has 0 aliphatic heterocycles. The van der Waals surface area contributed by atoms with Gasteiger partial charge in [0.1, 0.15) is 0 Å². The fourth-order valence-corrected chi connectivity index (χ4v) is 5.33. The molecular formula is C20H18FNO8. The number of phenolic OH excluding ortho intramolecular Hbond substituents is 1. The number of rotatable bonds is 1. The number of nitrogens with two attached hydrogens (primary N) is 1. The van der Waals surface area contributed by atoms with Gasteiger partial charge in [-0.25, -0.2) is 4.39 Å². The second-order valence-corrected chi connectivity index (χ2v) is 8.17. The largest absolute Gasteiger partial charge is 0.504 e. The minimum Gasteiger partial charge on any atom is -0.504 e. The highest BCUT2D eigenvalue weighted by molar-refractivity contribution is 6.31. The van der Waals surface area contributed by atoms with Crippen LogP contribution in [0.2, 0.25) is 0 Å². The van der Waals surface area contributed by atoms with Gasteiger partial charge in [-0.1, -0.05) is 13.0 Å². The Kier molecular flexibility index (Phi) is 4.23. The zero-order valence-corrected chi connectivity index (χ0v) is 15.7. The number of aromatic hydroxyl groups is 1. The van der Waals surface area contributed by atoms with Crippen LogP contribution in [0.15, 0.2) is 12.1 Å². The number of benzene rings is 1. The van der Waals surface area contributed by atoms with E-state index in [1.54, 1.807) is 6.92 Å². The van der Waals surface area contributed by atoms with Gasteiger partial charge in [-0.2, -0.15) is 0 Å². The summed E-state index contributed by atoms with van der Waals surface area (Å²) in [4.78, 5) is 63.0. The number of Topliss-reactive ketones (excluding diaryl/α,β-unsaturated/α-hetero) is 4. The molecule has 0 saturated heterocycles. The molecule has 1 aromatic carbocycles. The number of aliphatic hydroxyl groups is 2. The molecule has 2 unspecified atom stereocenters. The van der Waals surface area contributed by atoms with E-state index in [2.05, 4.69) is 0 Å². The molecule has 9 nitrogen and oxygen atoms in total. The smallest absolute Gasteiger partial charge is 0.235 e. The van der Waals surface area contributed by atoms with Gasteiger partial charge in [0, 0.05) is 18.3 Å². The maximum absolute atomic E-state index is 13.9. The van der Waals surface area contributed by atoms with Crippen molar-refractivity contribution in [2.24, 2.45) is 29.4 Å². The molecule has 2 fully saturated rings. The molecule has 4 rings (SSSR count). The Morgan fingerprint density at radius 1 is 1.20 bits per heavy atom. The Morgan fingerprint density at radius 3 is 2.43 bits per heavy atom. The van der Waals surface area contributed by atoms with E-state index in [1.165, 1.54) is 6.07 Å². The SMILES string of the molecule is C[C@H]1c2ccc(F)c(O)c2C(=O)C2C(=O)[C@]3(O)C(=O)C(C(N)=O)C(=O)C[C@@H]3[C@@H](O)[C@@H]21. The number of halogens is 1. The van der Waals surface area contributed by atoms with Crippen molar-refractivity contribution in [2.75, 3.05) is 0 Å². The molecule has 3 aliphatic carbocycles. The molecule has 0 heterocycles. The van der Waals surface area contributed by atoms with Gasteiger partial charge in [-0.05, 0) is 17.5 Å². The molecule has 7 atom stereocenters. The third kappa shape index (κ3) is 2.25. The van der Waals surface area contributed by atoms with Gasteiger partial charge in [0.2, 0.25) is 5.91 Å². The van der Waals surface area contributed by atoms with E-state index in [0.29, 0.717) is 0 Å². The molecule has 0 radical (unpaired) electrons. The lowest BCUT2D eigenvalue weighted by Gasteiger charge is -2.52. The van der Waals surface area contributed by atoms with E-state index in [0.717, 1.165) is 6.07 Å². The van der Waals surface area contributed by atoms with Crippen LogP contribution in [0.5, 0.6) is 5.75 Å². The van der Waals surface area contributed by atoms with E-state index in [9.17, 15) is 43.7 Å². The zero-order valence-electron chi connectivity index (χ0n) is 15.7. The number of hydrogen-bond acceptors (Lipinski definition) is 8. The quantitative estimate of drug-likeness (QED) is 0.420. The number of carbonyl (C=O) groups excluding carboxylic acids is 5. The van der Waals surface area contributed by atoms with Crippen molar-refractivity contribution in [3.8, 4) is 5.75 Å². The van der Waals surface area contributed by atoms with Crippen LogP contribution in [-0.2, 0) is 19.2 Å². The highest BCUT2D eigenvalue weighted by atomic mass is 19.1. The summed E-state index contributed by atoms with van der Waals surface area (Å²) in [5.41, 5.74) is 1.83. The van der Waals surface area contributed by atoms with E-state index in [1.807, 2.05) is 0 Å². The number of carbonyl (C=O) groups is 5. The summed E-state index contributed by atoms with van der Waals surface area (Å²) >= 11 is 0. The molecular weight excluding hydrogens is 401 g/mol. The van der Waals surface area contributed by atoms with Crippen LogP contribution < -0.4 is 5.73 Å². The minimum atomic E-state index is -2.98. The molecule has 5 N–H and O–H groups in total. The Bertz CT molecular complexity index is 1050. The van der Waals surface area contributed by atoms with Crippen LogP contribution in [0.4, 0.5) is 4.39 Å². The first kappa shape index (κ1) is 20.3. The van der Waals surface area contributed by atoms with E-state index in [-0.39, 0.29) is 5.56 Å². The first-order valence-corrected chi connectivity index (χ1v) is 9.31. The Balaban J connectivity index is 1.91. The second kappa shape index (κ2) is 6.26. The van der Waals surface area contributed by atoms with Crippen molar-refractivity contribution < 1.29 is 43.7 Å². The number of primary amides is 1. The monoisotopic (exact) mass is 419 g/mol. The molecule has 0 bridgehead atoms. The van der Waals surface area contributed by atoms with Crippen LogP contribution in [0.1, 0.15) is 35.2 Å². The summed E-state index contributed by atoms with van der Waals surface area (Å²) in [6.07, 6.45) is -2.30. The molecule has 0 aromatic heterocycles. The first-order valence-electron chi connectivity index (χ1n) is 9.31. The van der Waals surface area contributed by atoms with Gasteiger partial charge in [0.05, 0.1) is 17.6 Å². The van der Waals surface area contributed by atoms with Gasteiger partial charge in [0.25, 0.3) is 0 Å². The average molecular weight is 419 g/mol. The van der Waals surface area contributed by atoms with Crippen LogP contribution in [-0.4, -0.2) is 56.1 Å². The molecule has 1 amide bonds. The number of amides is 1. The van der Waals surface area contributed by atoms with Crippen LogP contribution in [0, 0.1) is 29.5 Å². The van der Waals surface area contributed by atoms with Gasteiger partial charge in [0.15, 0.2) is 46.2 Å². The number of aliphatic hydroxyl groups excluding tert-OH is 1. The number of hydrogen-bond donors (Lipinski definition) is 4. The summed E-state index contributed by atoms with van der Waals surface area (Å²) in [5, 5.41) is 32.1. The second-order valence-electron chi connectivity index (χ2n) is 8.17. The highest BCUT2D eigenvalue weighted by Gasteiger charge is 2.69. The van der Waals surface area contributed by atoms with E-state index >= 15 is 0 Å². The summed E-state index contributed by atoms with van der Waals surface area (Å²) in [6.45, 7) is 1.54. The van der Waals surface area contributed by atoms with Crippen LogP contribution in [0.25, 0.3) is 0 Å². The van der Waals surface area contributed by atoms with Crippen LogP contribution in [0.3, 0.4) is 0 Å². The summed E-state index contributed by atoms with van der Waals surface area (Å²) in [6, 6.07) is 2.19. The number of ketones is 4.